The molecule has 23 heavy (non-hydrogen) atoms. The molecule has 1 saturated heterocycles. The summed E-state index contributed by atoms with van der Waals surface area (Å²) in [5.41, 5.74) is 2.42. The quantitative estimate of drug-likeness (QED) is 0.900. The molecule has 1 atom stereocenters. The van der Waals surface area contributed by atoms with E-state index in [1.165, 1.54) is 11.3 Å². The minimum absolute atomic E-state index is 0.0340. The zero-order valence-corrected chi connectivity index (χ0v) is 13.4. The summed E-state index contributed by atoms with van der Waals surface area (Å²) >= 11 is 1.24. The Balaban J connectivity index is 1.76. The Bertz CT molecular complexity index is 705. The molecule has 120 valence electrons. The SMILES string of the molecule is COc1ccccc1CN1C(=O)CC[C@H]1C(=O)Nc1nncs1. The van der Waals surface area contributed by atoms with Crippen LogP contribution in [0.15, 0.2) is 29.8 Å². The molecular formula is C15H16N4O3S. The molecule has 0 saturated carbocycles. The van der Waals surface area contributed by atoms with Crippen LogP contribution in [-0.2, 0) is 16.1 Å². The third-order valence-corrected chi connectivity index (χ3v) is 4.36. The Morgan fingerprint density at radius 1 is 1.48 bits per heavy atom. The Morgan fingerprint density at radius 3 is 3.04 bits per heavy atom. The average molecular weight is 332 g/mol. The van der Waals surface area contributed by atoms with E-state index in [9.17, 15) is 9.59 Å². The summed E-state index contributed by atoms with van der Waals surface area (Å²) in [4.78, 5) is 26.2. The maximum atomic E-state index is 12.4. The van der Waals surface area contributed by atoms with Crippen LogP contribution in [-0.4, -0.2) is 40.1 Å². The van der Waals surface area contributed by atoms with Gasteiger partial charge in [0, 0.05) is 12.0 Å². The fourth-order valence-electron chi connectivity index (χ4n) is 2.64. The fourth-order valence-corrected chi connectivity index (χ4v) is 3.09. The number of hydrogen-bond donors (Lipinski definition) is 1. The van der Waals surface area contributed by atoms with E-state index in [0.29, 0.717) is 30.3 Å². The molecule has 1 fully saturated rings. The van der Waals surface area contributed by atoms with Gasteiger partial charge in [-0.25, -0.2) is 0 Å². The molecule has 1 aromatic heterocycles. The highest BCUT2D eigenvalue weighted by atomic mass is 32.1. The molecule has 0 radical (unpaired) electrons. The number of likely N-dealkylation sites (tertiary alicyclic amines) is 1. The Morgan fingerprint density at radius 2 is 2.30 bits per heavy atom. The van der Waals surface area contributed by atoms with Crippen molar-refractivity contribution in [2.24, 2.45) is 0 Å². The predicted molar refractivity (Wildman–Crippen MR) is 85.1 cm³/mol. The molecule has 0 bridgehead atoms. The highest BCUT2D eigenvalue weighted by Gasteiger charge is 2.36. The van der Waals surface area contributed by atoms with Gasteiger partial charge in [-0.3, -0.25) is 14.9 Å². The first-order chi connectivity index (χ1) is 11.2. The predicted octanol–water partition coefficient (Wildman–Crippen LogP) is 1.68. The van der Waals surface area contributed by atoms with Crippen LogP contribution in [0.5, 0.6) is 5.75 Å². The van der Waals surface area contributed by atoms with E-state index in [0.717, 1.165) is 5.56 Å². The van der Waals surface area contributed by atoms with Crippen molar-refractivity contribution in [3.63, 3.8) is 0 Å². The molecular weight excluding hydrogens is 316 g/mol. The molecule has 2 heterocycles. The normalized spacial score (nSPS) is 17.3. The van der Waals surface area contributed by atoms with Crippen molar-refractivity contribution in [1.29, 1.82) is 0 Å². The molecule has 2 amide bonds. The largest absolute Gasteiger partial charge is 0.496 e. The van der Waals surface area contributed by atoms with Crippen molar-refractivity contribution >= 4 is 28.3 Å². The molecule has 7 nitrogen and oxygen atoms in total. The van der Waals surface area contributed by atoms with Crippen LogP contribution >= 0.6 is 11.3 Å². The first kappa shape index (κ1) is 15.4. The number of carbonyl (C=O) groups is 2. The van der Waals surface area contributed by atoms with E-state index in [-0.39, 0.29) is 11.8 Å². The van der Waals surface area contributed by atoms with E-state index < -0.39 is 6.04 Å². The molecule has 8 heteroatoms. The number of nitrogens with one attached hydrogen (secondary N) is 1. The number of anilines is 1. The van der Waals surface area contributed by atoms with Gasteiger partial charge in [-0.15, -0.1) is 10.2 Å². The fraction of sp³-hybridized carbons (Fsp3) is 0.333. The molecule has 0 spiro atoms. The summed E-state index contributed by atoms with van der Waals surface area (Å²) in [6.45, 7) is 0.344. The van der Waals surface area contributed by atoms with Gasteiger partial charge in [0.1, 0.15) is 17.3 Å². The van der Waals surface area contributed by atoms with Crippen molar-refractivity contribution in [1.82, 2.24) is 15.1 Å². The molecule has 1 N–H and O–H groups in total. The van der Waals surface area contributed by atoms with E-state index in [1.807, 2.05) is 24.3 Å². The minimum atomic E-state index is -0.503. The summed E-state index contributed by atoms with van der Waals surface area (Å²) in [6.07, 6.45) is 0.863. The highest BCUT2D eigenvalue weighted by molar-refractivity contribution is 7.13. The molecule has 1 aromatic carbocycles. The van der Waals surface area contributed by atoms with E-state index in [4.69, 9.17) is 4.74 Å². The van der Waals surface area contributed by atoms with Crippen LogP contribution in [0.2, 0.25) is 0 Å². The second kappa shape index (κ2) is 6.74. The molecule has 3 rings (SSSR count). The van der Waals surface area contributed by atoms with Gasteiger partial charge in [-0.05, 0) is 12.5 Å². The van der Waals surface area contributed by atoms with Crippen LogP contribution in [0.25, 0.3) is 0 Å². The van der Waals surface area contributed by atoms with Gasteiger partial charge < -0.3 is 9.64 Å². The van der Waals surface area contributed by atoms with Gasteiger partial charge in [0.15, 0.2) is 0 Å². The van der Waals surface area contributed by atoms with Crippen LogP contribution in [0.4, 0.5) is 5.13 Å². The van der Waals surface area contributed by atoms with Crippen LogP contribution < -0.4 is 10.1 Å². The molecule has 0 unspecified atom stereocenters. The van der Waals surface area contributed by atoms with E-state index in [2.05, 4.69) is 15.5 Å². The number of carbonyl (C=O) groups excluding carboxylic acids is 2. The number of ether oxygens (including phenoxy) is 1. The third kappa shape index (κ3) is 3.31. The van der Waals surface area contributed by atoms with Crippen LogP contribution in [0.3, 0.4) is 0 Å². The van der Waals surface area contributed by atoms with E-state index in [1.54, 1.807) is 17.5 Å². The van der Waals surface area contributed by atoms with Crippen molar-refractivity contribution in [2.75, 3.05) is 12.4 Å². The van der Waals surface area contributed by atoms with E-state index >= 15 is 0 Å². The number of methoxy groups -OCH3 is 1. The lowest BCUT2D eigenvalue weighted by Gasteiger charge is -2.24. The summed E-state index contributed by atoms with van der Waals surface area (Å²) < 4.78 is 5.32. The van der Waals surface area contributed by atoms with Crippen molar-refractivity contribution in [3.05, 3.63) is 35.3 Å². The summed E-state index contributed by atoms with van der Waals surface area (Å²) in [7, 11) is 1.59. The first-order valence-corrected chi connectivity index (χ1v) is 8.05. The second-order valence-electron chi connectivity index (χ2n) is 5.12. The van der Waals surface area contributed by atoms with Gasteiger partial charge in [-0.1, -0.05) is 29.5 Å². The number of nitrogens with zero attached hydrogens (tertiary/aromatic N) is 3. The van der Waals surface area contributed by atoms with Crippen molar-refractivity contribution < 1.29 is 14.3 Å². The van der Waals surface area contributed by atoms with Crippen LogP contribution in [0, 0.1) is 0 Å². The number of para-hydroxylation sites is 1. The van der Waals surface area contributed by atoms with Gasteiger partial charge in [0.05, 0.1) is 13.7 Å². The molecule has 0 aliphatic carbocycles. The second-order valence-corrected chi connectivity index (χ2v) is 5.95. The Labute approximate surface area is 137 Å². The first-order valence-electron chi connectivity index (χ1n) is 7.17. The van der Waals surface area contributed by atoms with Gasteiger partial charge in [0.25, 0.3) is 0 Å². The topological polar surface area (TPSA) is 84.4 Å². The molecule has 1 aliphatic rings. The zero-order chi connectivity index (χ0) is 16.2. The Kier molecular flexibility index (Phi) is 4.52. The Hall–Kier alpha value is -2.48. The lowest BCUT2D eigenvalue weighted by atomic mass is 10.1. The molecule has 1 aliphatic heterocycles. The monoisotopic (exact) mass is 332 g/mol. The van der Waals surface area contributed by atoms with Gasteiger partial charge in [0.2, 0.25) is 16.9 Å². The zero-order valence-electron chi connectivity index (χ0n) is 12.6. The van der Waals surface area contributed by atoms with Crippen molar-refractivity contribution in [2.45, 2.75) is 25.4 Å². The summed E-state index contributed by atoms with van der Waals surface area (Å²) in [5.74, 6) is 0.436. The maximum Gasteiger partial charge on any atom is 0.249 e. The lowest BCUT2D eigenvalue weighted by molar-refractivity contribution is -0.133. The van der Waals surface area contributed by atoms with Gasteiger partial charge >= 0.3 is 0 Å². The number of rotatable bonds is 5. The van der Waals surface area contributed by atoms with Crippen LogP contribution in [0.1, 0.15) is 18.4 Å². The summed E-state index contributed by atoms with van der Waals surface area (Å²) in [6, 6.07) is 6.98. The highest BCUT2D eigenvalue weighted by Crippen LogP contribution is 2.26. The maximum absolute atomic E-state index is 12.4. The third-order valence-electron chi connectivity index (χ3n) is 3.75. The van der Waals surface area contributed by atoms with Crippen molar-refractivity contribution in [3.8, 4) is 5.75 Å². The summed E-state index contributed by atoms with van der Waals surface area (Å²) in [5, 5.41) is 10.6. The molecule has 2 aromatic rings. The smallest absolute Gasteiger partial charge is 0.249 e. The van der Waals surface area contributed by atoms with Gasteiger partial charge in [-0.2, -0.15) is 0 Å². The minimum Gasteiger partial charge on any atom is -0.496 e. The lowest BCUT2D eigenvalue weighted by Crippen LogP contribution is -2.41. The standard InChI is InChI=1S/C15H16N4O3S/c1-22-12-5-3-2-4-10(12)8-19-11(6-7-13(19)20)14(21)17-15-18-16-9-23-15/h2-5,9,11H,6-8H2,1H3,(H,17,18,21)/t11-/m0/s1. The number of amides is 2. The number of aromatic nitrogens is 2. The number of hydrogen-bond acceptors (Lipinski definition) is 6. The average Bonchev–Trinajstić information content (AvgIpc) is 3.18. The number of benzene rings is 1.